The van der Waals surface area contributed by atoms with Gasteiger partial charge >= 0.3 is 5.97 Å². The number of carbonyl (C=O) groups is 1. The van der Waals surface area contributed by atoms with Crippen molar-refractivity contribution >= 4 is 5.97 Å². The molecule has 4 nitrogen and oxygen atoms in total. The number of aromatic carboxylic acids is 1. The highest BCUT2D eigenvalue weighted by Gasteiger charge is 2.16. The molecule has 0 aliphatic rings. The lowest BCUT2D eigenvalue weighted by Crippen LogP contribution is -2.24. The Hall–Kier alpha value is -1.43. The maximum atomic E-state index is 12.0. The topological polar surface area (TPSA) is 53.7 Å². The minimum atomic E-state index is -2.45. The number of furan rings is 1. The van der Waals surface area contributed by atoms with E-state index >= 15 is 0 Å². The first-order chi connectivity index (χ1) is 7.00. The summed E-state index contributed by atoms with van der Waals surface area (Å²) in [5.74, 6) is -0.935. The Bertz CT molecular complexity index is 338. The molecule has 1 heterocycles. The fourth-order valence-electron chi connectivity index (χ4n) is 1.20. The molecule has 84 valence electrons. The van der Waals surface area contributed by atoms with Crippen LogP contribution in [0.5, 0.6) is 0 Å². The van der Waals surface area contributed by atoms with Crippen molar-refractivity contribution in [2.45, 2.75) is 13.0 Å². The molecule has 0 aliphatic heterocycles. The molecule has 0 radical (unpaired) electrons. The molecule has 15 heavy (non-hydrogen) atoms. The van der Waals surface area contributed by atoms with Crippen molar-refractivity contribution in [2.75, 3.05) is 13.6 Å². The molecule has 0 bridgehead atoms. The van der Waals surface area contributed by atoms with Gasteiger partial charge in [0.25, 0.3) is 6.43 Å². The average Bonchev–Trinajstić information content (AvgIpc) is 2.50. The Morgan fingerprint density at radius 2 is 2.33 bits per heavy atom. The van der Waals surface area contributed by atoms with Gasteiger partial charge in [0.2, 0.25) is 0 Å². The molecule has 1 aromatic rings. The van der Waals surface area contributed by atoms with E-state index in [9.17, 15) is 13.6 Å². The van der Waals surface area contributed by atoms with Crippen LogP contribution >= 0.6 is 0 Å². The van der Waals surface area contributed by atoms with Crippen LogP contribution in [0.15, 0.2) is 16.7 Å². The van der Waals surface area contributed by atoms with Crippen molar-refractivity contribution in [3.63, 3.8) is 0 Å². The Kier molecular flexibility index (Phi) is 3.79. The third kappa shape index (κ3) is 3.32. The van der Waals surface area contributed by atoms with Crippen LogP contribution in [0, 0.1) is 0 Å². The largest absolute Gasteiger partial charge is 0.478 e. The van der Waals surface area contributed by atoms with E-state index in [1.807, 2.05) is 0 Å². The summed E-state index contributed by atoms with van der Waals surface area (Å²) >= 11 is 0. The zero-order chi connectivity index (χ0) is 11.4. The van der Waals surface area contributed by atoms with Crippen molar-refractivity contribution in [2.24, 2.45) is 0 Å². The number of hydrogen-bond acceptors (Lipinski definition) is 3. The zero-order valence-electron chi connectivity index (χ0n) is 8.11. The first-order valence-electron chi connectivity index (χ1n) is 4.27. The van der Waals surface area contributed by atoms with Crippen molar-refractivity contribution in [3.8, 4) is 0 Å². The minimum absolute atomic E-state index is 0.0103. The Morgan fingerprint density at radius 1 is 1.67 bits per heavy atom. The zero-order valence-corrected chi connectivity index (χ0v) is 8.11. The van der Waals surface area contributed by atoms with Crippen LogP contribution in [-0.4, -0.2) is 36.0 Å². The lowest BCUT2D eigenvalue weighted by molar-refractivity contribution is 0.0690. The summed E-state index contributed by atoms with van der Waals surface area (Å²) in [6, 6.07) is 1.30. The number of halogens is 2. The first kappa shape index (κ1) is 11.6. The van der Waals surface area contributed by atoms with E-state index in [1.54, 1.807) is 0 Å². The van der Waals surface area contributed by atoms with Crippen LogP contribution in [0.3, 0.4) is 0 Å². The Balaban J connectivity index is 2.64. The van der Waals surface area contributed by atoms with Gasteiger partial charge in [0.1, 0.15) is 11.3 Å². The summed E-state index contributed by atoms with van der Waals surface area (Å²) in [4.78, 5) is 12.0. The van der Waals surface area contributed by atoms with Crippen LogP contribution in [-0.2, 0) is 6.54 Å². The second kappa shape index (κ2) is 4.88. The minimum Gasteiger partial charge on any atom is -0.478 e. The van der Waals surface area contributed by atoms with Gasteiger partial charge in [-0.3, -0.25) is 4.90 Å². The predicted octanol–water partition coefficient (Wildman–Crippen LogP) is 1.67. The number of hydrogen-bond donors (Lipinski definition) is 1. The number of nitrogens with zero attached hydrogens (tertiary/aromatic N) is 1. The highest BCUT2D eigenvalue weighted by Crippen LogP contribution is 2.13. The summed E-state index contributed by atoms with van der Waals surface area (Å²) in [5.41, 5.74) is 0.0103. The van der Waals surface area contributed by atoms with E-state index < -0.39 is 18.9 Å². The van der Waals surface area contributed by atoms with Crippen LogP contribution in [0.2, 0.25) is 0 Å². The van der Waals surface area contributed by atoms with Gasteiger partial charge in [-0.2, -0.15) is 0 Å². The van der Waals surface area contributed by atoms with Gasteiger partial charge in [-0.25, -0.2) is 13.6 Å². The molecule has 1 aromatic heterocycles. The molecule has 0 saturated heterocycles. The highest BCUT2D eigenvalue weighted by atomic mass is 19.3. The maximum absolute atomic E-state index is 12.0. The van der Waals surface area contributed by atoms with Crippen molar-refractivity contribution in [3.05, 3.63) is 23.7 Å². The van der Waals surface area contributed by atoms with Crippen LogP contribution < -0.4 is 0 Å². The van der Waals surface area contributed by atoms with Crippen LogP contribution in [0.25, 0.3) is 0 Å². The second-order valence-corrected chi connectivity index (χ2v) is 3.15. The predicted molar refractivity (Wildman–Crippen MR) is 48.0 cm³/mol. The standard InChI is InChI=1S/C9H11F2NO3/c1-12(5-8(10)11)4-7-6(9(13)14)2-3-15-7/h2-3,8H,4-5H2,1H3,(H,13,14). The quantitative estimate of drug-likeness (QED) is 0.818. The van der Waals surface area contributed by atoms with Crippen molar-refractivity contribution < 1.29 is 23.1 Å². The summed E-state index contributed by atoms with van der Waals surface area (Å²) in [7, 11) is 1.47. The molecule has 0 fully saturated rings. The molecule has 1 N–H and O–H groups in total. The molecule has 0 amide bonds. The smallest absolute Gasteiger partial charge is 0.339 e. The van der Waals surface area contributed by atoms with Crippen LogP contribution in [0.4, 0.5) is 8.78 Å². The molecule has 1 rings (SSSR count). The van der Waals surface area contributed by atoms with Gasteiger partial charge < -0.3 is 9.52 Å². The lowest BCUT2D eigenvalue weighted by atomic mass is 10.2. The van der Waals surface area contributed by atoms with E-state index in [-0.39, 0.29) is 17.9 Å². The summed E-state index contributed by atoms with van der Waals surface area (Å²) in [5, 5.41) is 8.72. The third-order valence-corrected chi connectivity index (χ3v) is 1.84. The molecule has 0 saturated carbocycles. The number of alkyl halides is 2. The maximum Gasteiger partial charge on any atom is 0.339 e. The molecule has 0 aliphatic carbocycles. The second-order valence-electron chi connectivity index (χ2n) is 3.15. The Labute approximate surface area is 85.1 Å². The number of carboxylic acids is 1. The van der Waals surface area contributed by atoms with E-state index in [1.165, 1.54) is 24.3 Å². The number of carboxylic acid groups (broad SMARTS) is 1. The number of rotatable bonds is 5. The van der Waals surface area contributed by atoms with Crippen LogP contribution in [0.1, 0.15) is 16.1 Å². The summed E-state index contributed by atoms with van der Waals surface area (Å²) < 4.78 is 28.9. The van der Waals surface area contributed by atoms with E-state index in [0.717, 1.165) is 0 Å². The summed E-state index contributed by atoms with van der Waals surface area (Å²) in [6.45, 7) is -0.362. The molecule has 0 aromatic carbocycles. The first-order valence-corrected chi connectivity index (χ1v) is 4.27. The van der Waals surface area contributed by atoms with Gasteiger partial charge in [0.05, 0.1) is 19.4 Å². The van der Waals surface area contributed by atoms with Gasteiger partial charge in [0, 0.05) is 0 Å². The normalized spacial score (nSPS) is 11.3. The summed E-state index contributed by atoms with van der Waals surface area (Å²) in [6.07, 6.45) is -1.21. The lowest BCUT2D eigenvalue weighted by Gasteiger charge is -2.14. The Morgan fingerprint density at radius 3 is 2.87 bits per heavy atom. The van der Waals surface area contributed by atoms with E-state index in [0.29, 0.717) is 0 Å². The fraction of sp³-hybridized carbons (Fsp3) is 0.444. The van der Waals surface area contributed by atoms with Crippen molar-refractivity contribution in [1.29, 1.82) is 0 Å². The monoisotopic (exact) mass is 219 g/mol. The van der Waals surface area contributed by atoms with Gasteiger partial charge in [-0.05, 0) is 13.1 Å². The molecule has 0 spiro atoms. The molecule has 6 heteroatoms. The third-order valence-electron chi connectivity index (χ3n) is 1.84. The van der Waals surface area contributed by atoms with Gasteiger partial charge in [-0.15, -0.1) is 0 Å². The van der Waals surface area contributed by atoms with Gasteiger partial charge in [0.15, 0.2) is 0 Å². The van der Waals surface area contributed by atoms with Gasteiger partial charge in [-0.1, -0.05) is 0 Å². The van der Waals surface area contributed by atoms with E-state index in [2.05, 4.69) is 0 Å². The highest BCUT2D eigenvalue weighted by molar-refractivity contribution is 5.88. The molecular weight excluding hydrogens is 208 g/mol. The fourth-order valence-corrected chi connectivity index (χ4v) is 1.20. The molecule has 0 atom stereocenters. The molecular formula is C9H11F2NO3. The van der Waals surface area contributed by atoms with Crippen molar-refractivity contribution in [1.82, 2.24) is 4.90 Å². The SMILES string of the molecule is CN(Cc1occc1C(=O)O)CC(F)F. The van der Waals surface area contributed by atoms with E-state index in [4.69, 9.17) is 9.52 Å². The molecule has 0 unspecified atom stereocenters. The average molecular weight is 219 g/mol.